The molecule has 0 aliphatic rings. The summed E-state index contributed by atoms with van der Waals surface area (Å²) in [7, 11) is -3.94. The maximum atomic E-state index is 13.3. The van der Waals surface area contributed by atoms with E-state index in [2.05, 4.69) is 10.3 Å². The van der Waals surface area contributed by atoms with Gasteiger partial charge < -0.3 is 9.73 Å². The lowest BCUT2D eigenvalue weighted by atomic mass is 10.2. The van der Waals surface area contributed by atoms with Gasteiger partial charge >= 0.3 is 0 Å². The predicted octanol–water partition coefficient (Wildman–Crippen LogP) is 6.40. The molecular formula is C23H18Cl2N2O3S. The molecule has 158 valence electrons. The molecule has 31 heavy (non-hydrogen) atoms. The van der Waals surface area contributed by atoms with Gasteiger partial charge in [-0.1, -0.05) is 71.2 Å². The minimum atomic E-state index is -3.94. The first kappa shape index (κ1) is 21.4. The van der Waals surface area contributed by atoms with Crippen LogP contribution in [0.5, 0.6) is 0 Å². The van der Waals surface area contributed by atoms with Gasteiger partial charge in [0.1, 0.15) is 0 Å². The molecule has 4 rings (SSSR count). The van der Waals surface area contributed by atoms with Gasteiger partial charge in [0.15, 0.2) is 0 Å². The molecule has 1 heterocycles. The van der Waals surface area contributed by atoms with Crippen molar-refractivity contribution in [2.45, 2.75) is 23.4 Å². The van der Waals surface area contributed by atoms with Gasteiger partial charge in [0.25, 0.3) is 0 Å². The maximum Gasteiger partial charge on any atom is 0.234 e. The molecule has 0 bridgehead atoms. The second-order valence-corrected chi connectivity index (χ2v) is 9.64. The molecule has 0 saturated carbocycles. The summed E-state index contributed by atoms with van der Waals surface area (Å²) in [6, 6.07) is 21.0. The summed E-state index contributed by atoms with van der Waals surface area (Å²) in [6.07, 6.45) is 0. The summed E-state index contributed by atoms with van der Waals surface area (Å²) in [6.45, 7) is 2.25. The standard InChI is InChI=1S/C23H18Cl2N2O3S/c1-15-7-10-18(11-8-15)31(28,29)23-22(26-14-16-5-3-2-4-6-16)30-21(27-23)19-12-9-17(24)13-20(19)25/h2-13,26H,14H2,1H3. The highest BCUT2D eigenvalue weighted by Crippen LogP contribution is 2.36. The lowest BCUT2D eigenvalue weighted by Crippen LogP contribution is -2.07. The number of benzene rings is 3. The van der Waals surface area contributed by atoms with Crippen molar-refractivity contribution in [1.29, 1.82) is 0 Å². The Morgan fingerprint density at radius 1 is 0.968 bits per heavy atom. The van der Waals surface area contributed by atoms with E-state index in [1.165, 1.54) is 0 Å². The van der Waals surface area contributed by atoms with Crippen LogP contribution in [0.25, 0.3) is 11.5 Å². The van der Waals surface area contributed by atoms with E-state index in [1.54, 1.807) is 42.5 Å². The largest absolute Gasteiger partial charge is 0.419 e. The van der Waals surface area contributed by atoms with Crippen molar-refractivity contribution in [1.82, 2.24) is 4.98 Å². The number of halogens is 2. The number of hydrogen-bond acceptors (Lipinski definition) is 5. The van der Waals surface area contributed by atoms with Crippen LogP contribution in [0.1, 0.15) is 11.1 Å². The third kappa shape index (κ3) is 4.61. The van der Waals surface area contributed by atoms with E-state index in [4.69, 9.17) is 27.6 Å². The van der Waals surface area contributed by atoms with Gasteiger partial charge in [0, 0.05) is 11.6 Å². The molecule has 1 aromatic heterocycles. The van der Waals surface area contributed by atoms with Gasteiger partial charge in [-0.05, 0) is 42.8 Å². The molecule has 4 aromatic rings. The number of aryl methyl sites for hydroxylation is 1. The van der Waals surface area contributed by atoms with Crippen LogP contribution in [-0.2, 0) is 16.4 Å². The SMILES string of the molecule is Cc1ccc(S(=O)(=O)c2nc(-c3ccc(Cl)cc3Cl)oc2NCc2ccccc2)cc1. The monoisotopic (exact) mass is 472 g/mol. The summed E-state index contributed by atoms with van der Waals surface area (Å²) in [5.74, 6) is 0.133. The molecule has 0 spiro atoms. The first-order valence-corrected chi connectivity index (χ1v) is 11.6. The van der Waals surface area contributed by atoms with E-state index in [-0.39, 0.29) is 21.7 Å². The fourth-order valence-electron chi connectivity index (χ4n) is 2.99. The Morgan fingerprint density at radius 3 is 2.35 bits per heavy atom. The lowest BCUT2D eigenvalue weighted by Gasteiger charge is -2.06. The van der Waals surface area contributed by atoms with E-state index in [1.807, 2.05) is 37.3 Å². The van der Waals surface area contributed by atoms with E-state index >= 15 is 0 Å². The molecule has 0 amide bonds. The molecule has 0 radical (unpaired) electrons. The van der Waals surface area contributed by atoms with Gasteiger partial charge in [-0.2, -0.15) is 4.98 Å². The van der Waals surface area contributed by atoms with E-state index in [0.29, 0.717) is 22.2 Å². The van der Waals surface area contributed by atoms with Gasteiger partial charge in [-0.3, -0.25) is 0 Å². The zero-order chi connectivity index (χ0) is 22.0. The average Bonchev–Trinajstić information content (AvgIpc) is 3.18. The summed E-state index contributed by atoms with van der Waals surface area (Å²) < 4.78 is 32.5. The number of sulfone groups is 1. The minimum Gasteiger partial charge on any atom is -0.419 e. The van der Waals surface area contributed by atoms with Crippen molar-refractivity contribution in [3.05, 3.63) is 94.0 Å². The molecule has 0 saturated heterocycles. The van der Waals surface area contributed by atoms with Crippen LogP contribution in [0.15, 0.2) is 87.1 Å². The second-order valence-electron chi connectivity index (χ2n) is 6.93. The first-order valence-electron chi connectivity index (χ1n) is 9.40. The number of nitrogens with one attached hydrogen (secondary N) is 1. The van der Waals surface area contributed by atoms with Crippen molar-refractivity contribution in [2.24, 2.45) is 0 Å². The highest BCUT2D eigenvalue weighted by molar-refractivity contribution is 7.91. The molecule has 0 aliphatic heterocycles. The molecule has 0 atom stereocenters. The third-order valence-electron chi connectivity index (χ3n) is 4.64. The first-order chi connectivity index (χ1) is 14.8. The Bertz CT molecular complexity index is 1320. The van der Waals surface area contributed by atoms with E-state index in [0.717, 1.165) is 11.1 Å². The molecule has 0 fully saturated rings. The van der Waals surface area contributed by atoms with Crippen molar-refractivity contribution in [3.8, 4) is 11.5 Å². The van der Waals surface area contributed by atoms with Crippen LogP contribution in [0, 0.1) is 6.92 Å². The Morgan fingerprint density at radius 2 is 1.68 bits per heavy atom. The molecule has 3 aromatic carbocycles. The highest BCUT2D eigenvalue weighted by Gasteiger charge is 2.29. The molecule has 5 nitrogen and oxygen atoms in total. The quantitative estimate of drug-likeness (QED) is 0.351. The lowest BCUT2D eigenvalue weighted by molar-refractivity contribution is 0.577. The number of hydrogen-bond donors (Lipinski definition) is 1. The smallest absolute Gasteiger partial charge is 0.234 e. The molecule has 0 aliphatic carbocycles. The van der Waals surface area contributed by atoms with Crippen LogP contribution in [-0.4, -0.2) is 13.4 Å². The number of nitrogens with zero attached hydrogens (tertiary/aromatic N) is 1. The molecule has 1 N–H and O–H groups in total. The van der Waals surface area contributed by atoms with Crippen molar-refractivity contribution < 1.29 is 12.8 Å². The van der Waals surface area contributed by atoms with Crippen LogP contribution in [0.4, 0.5) is 5.88 Å². The van der Waals surface area contributed by atoms with Gasteiger partial charge in [-0.25, -0.2) is 8.42 Å². The summed E-state index contributed by atoms with van der Waals surface area (Å²) in [5.41, 5.74) is 2.36. The van der Waals surface area contributed by atoms with Crippen LogP contribution in [0.2, 0.25) is 10.0 Å². The molecule has 0 unspecified atom stereocenters. The fraction of sp³-hybridized carbons (Fsp3) is 0.0870. The van der Waals surface area contributed by atoms with Gasteiger partial charge in [0.05, 0.1) is 15.5 Å². The summed E-state index contributed by atoms with van der Waals surface area (Å²) in [4.78, 5) is 4.44. The molecular weight excluding hydrogens is 455 g/mol. The van der Waals surface area contributed by atoms with Crippen molar-refractivity contribution in [3.63, 3.8) is 0 Å². The summed E-state index contributed by atoms with van der Waals surface area (Å²) in [5, 5.41) is 3.62. The normalized spacial score (nSPS) is 11.5. The average molecular weight is 473 g/mol. The van der Waals surface area contributed by atoms with Crippen LogP contribution in [0.3, 0.4) is 0 Å². The zero-order valence-electron chi connectivity index (χ0n) is 16.5. The van der Waals surface area contributed by atoms with Gasteiger partial charge in [0.2, 0.25) is 26.6 Å². The van der Waals surface area contributed by atoms with Crippen molar-refractivity contribution in [2.75, 3.05) is 5.32 Å². The fourth-order valence-corrected chi connectivity index (χ4v) is 4.75. The number of rotatable bonds is 6. The highest BCUT2D eigenvalue weighted by atomic mass is 35.5. The third-order valence-corrected chi connectivity index (χ3v) is 6.87. The second kappa shape index (κ2) is 8.75. The molecule has 8 heteroatoms. The van der Waals surface area contributed by atoms with Crippen LogP contribution >= 0.6 is 23.2 Å². The summed E-state index contributed by atoms with van der Waals surface area (Å²) >= 11 is 12.3. The predicted molar refractivity (Wildman–Crippen MR) is 122 cm³/mol. The zero-order valence-corrected chi connectivity index (χ0v) is 18.8. The van der Waals surface area contributed by atoms with Crippen LogP contribution < -0.4 is 5.32 Å². The topological polar surface area (TPSA) is 72.2 Å². The Labute approximate surface area is 190 Å². The number of oxazole rings is 1. The Balaban J connectivity index is 1.79. The number of aromatic nitrogens is 1. The Kier molecular flexibility index (Phi) is 6.05. The number of anilines is 1. The Hall–Kier alpha value is -2.80. The minimum absolute atomic E-state index is 0.0467. The van der Waals surface area contributed by atoms with Crippen molar-refractivity contribution >= 4 is 38.9 Å². The van der Waals surface area contributed by atoms with E-state index < -0.39 is 9.84 Å². The maximum absolute atomic E-state index is 13.3. The van der Waals surface area contributed by atoms with E-state index in [9.17, 15) is 8.42 Å². The van der Waals surface area contributed by atoms with Gasteiger partial charge in [-0.15, -0.1) is 0 Å².